The highest BCUT2D eigenvalue weighted by Crippen LogP contribution is 2.23. The number of hydrogen-bond donors (Lipinski definition) is 1. The van der Waals surface area contributed by atoms with Crippen molar-refractivity contribution in [2.24, 2.45) is 0 Å². The molecule has 0 atom stereocenters. The zero-order chi connectivity index (χ0) is 15.5. The lowest BCUT2D eigenvalue weighted by atomic mass is 9.84. The minimum atomic E-state index is -0.256. The number of carbonyl (C=O) groups excluding carboxylic acids is 1. The standard InChI is InChI=1S/C16H16Cl2N2O/c1-16(2,11-6-4-3-5-7-11)10-20-15(21)12-8-14(18)19-9-13(12)17/h3-9H,10H2,1-2H3,(H,20,21). The van der Waals surface area contributed by atoms with Gasteiger partial charge in [-0.15, -0.1) is 0 Å². The molecule has 1 aromatic heterocycles. The van der Waals surface area contributed by atoms with E-state index in [1.807, 2.05) is 30.3 Å². The summed E-state index contributed by atoms with van der Waals surface area (Å²) in [6, 6.07) is 11.5. The second-order valence-electron chi connectivity index (χ2n) is 5.42. The van der Waals surface area contributed by atoms with Gasteiger partial charge in [0.1, 0.15) is 5.15 Å². The van der Waals surface area contributed by atoms with Gasteiger partial charge in [-0.3, -0.25) is 4.79 Å². The van der Waals surface area contributed by atoms with Gasteiger partial charge < -0.3 is 5.32 Å². The molecule has 0 saturated carbocycles. The van der Waals surface area contributed by atoms with Crippen molar-refractivity contribution in [3.8, 4) is 0 Å². The van der Waals surface area contributed by atoms with Gasteiger partial charge in [0.15, 0.2) is 0 Å². The van der Waals surface area contributed by atoms with Crippen molar-refractivity contribution in [3.63, 3.8) is 0 Å². The summed E-state index contributed by atoms with van der Waals surface area (Å²) in [4.78, 5) is 16.0. The van der Waals surface area contributed by atoms with E-state index in [0.717, 1.165) is 5.56 Å². The summed E-state index contributed by atoms with van der Waals surface area (Å²) < 4.78 is 0. The molecule has 2 aromatic rings. The molecule has 0 radical (unpaired) electrons. The molecule has 3 nitrogen and oxygen atoms in total. The van der Waals surface area contributed by atoms with Gasteiger partial charge in [-0.2, -0.15) is 0 Å². The van der Waals surface area contributed by atoms with E-state index in [1.165, 1.54) is 12.3 Å². The molecule has 2 rings (SSSR count). The van der Waals surface area contributed by atoms with Crippen LogP contribution in [-0.2, 0) is 5.41 Å². The average Bonchev–Trinajstić information content (AvgIpc) is 2.48. The lowest BCUT2D eigenvalue weighted by Crippen LogP contribution is -2.36. The van der Waals surface area contributed by atoms with Gasteiger partial charge in [0, 0.05) is 18.2 Å². The first-order valence-electron chi connectivity index (χ1n) is 6.55. The summed E-state index contributed by atoms with van der Waals surface area (Å²) in [5.74, 6) is -0.256. The number of rotatable bonds is 4. The highest BCUT2D eigenvalue weighted by Gasteiger charge is 2.22. The first-order chi connectivity index (χ1) is 9.90. The number of pyridine rings is 1. The summed E-state index contributed by atoms with van der Waals surface area (Å²) in [6.45, 7) is 4.64. The van der Waals surface area contributed by atoms with E-state index in [1.54, 1.807) is 0 Å². The van der Waals surface area contributed by atoms with Crippen molar-refractivity contribution in [2.45, 2.75) is 19.3 Å². The highest BCUT2D eigenvalue weighted by molar-refractivity contribution is 6.35. The van der Waals surface area contributed by atoms with Crippen molar-refractivity contribution >= 4 is 29.1 Å². The van der Waals surface area contributed by atoms with Crippen LogP contribution in [-0.4, -0.2) is 17.4 Å². The number of hydrogen-bond acceptors (Lipinski definition) is 2. The second kappa shape index (κ2) is 6.46. The van der Waals surface area contributed by atoms with Gasteiger partial charge in [-0.25, -0.2) is 4.98 Å². The number of amides is 1. The lowest BCUT2D eigenvalue weighted by Gasteiger charge is -2.25. The molecule has 0 unspecified atom stereocenters. The first-order valence-corrected chi connectivity index (χ1v) is 7.30. The fourth-order valence-electron chi connectivity index (χ4n) is 1.98. The zero-order valence-electron chi connectivity index (χ0n) is 11.9. The van der Waals surface area contributed by atoms with Gasteiger partial charge >= 0.3 is 0 Å². The Morgan fingerprint density at radius 2 is 1.90 bits per heavy atom. The van der Waals surface area contributed by atoms with Crippen molar-refractivity contribution < 1.29 is 4.79 Å². The number of nitrogens with one attached hydrogen (secondary N) is 1. The van der Waals surface area contributed by atoms with Crippen molar-refractivity contribution in [1.29, 1.82) is 0 Å². The first kappa shape index (κ1) is 15.8. The van der Waals surface area contributed by atoms with Gasteiger partial charge in [0.25, 0.3) is 5.91 Å². The number of carbonyl (C=O) groups is 1. The average molecular weight is 323 g/mol. The third kappa shape index (κ3) is 3.96. The number of halogens is 2. The summed E-state index contributed by atoms with van der Waals surface area (Å²) in [6.07, 6.45) is 1.38. The Kier molecular flexibility index (Phi) is 4.86. The fraction of sp³-hybridized carbons (Fsp3) is 0.250. The van der Waals surface area contributed by atoms with Crippen LogP contribution in [0.3, 0.4) is 0 Å². The normalized spacial score (nSPS) is 11.2. The quantitative estimate of drug-likeness (QED) is 0.861. The SMILES string of the molecule is CC(C)(CNC(=O)c1cc(Cl)ncc1Cl)c1ccccc1. The van der Waals surface area contributed by atoms with Crippen LogP contribution >= 0.6 is 23.2 Å². The Labute approximate surface area is 134 Å². The third-order valence-electron chi connectivity index (χ3n) is 3.31. The maximum absolute atomic E-state index is 12.2. The molecule has 0 bridgehead atoms. The summed E-state index contributed by atoms with van der Waals surface area (Å²) in [5.41, 5.74) is 1.31. The predicted molar refractivity (Wildman–Crippen MR) is 86.1 cm³/mol. The Balaban J connectivity index is 2.09. The Morgan fingerprint density at radius 3 is 2.57 bits per heavy atom. The molecule has 0 spiro atoms. The molecule has 1 aromatic carbocycles. The molecule has 1 N–H and O–H groups in total. The lowest BCUT2D eigenvalue weighted by molar-refractivity contribution is 0.0945. The molecular formula is C16H16Cl2N2O. The Hall–Kier alpha value is -1.58. The zero-order valence-corrected chi connectivity index (χ0v) is 13.4. The Bertz CT molecular complexity index is 642. The van der Waals surface area contributed by atoms with E-state index >= 15 is 0 Å². The maximum atomic E-state index is 12.2. The van der Waals surface area contributed by atoms with Crippen LogP contribution < -0.4 is 5.32 Å². The van der Waals surface area contributed by atoms with Gasteiger partial charge in [0.05, 0.1) is 10.6 Å². The molecule has 1 heterocycles. The number of nitrogens with zero attached hydrogens (tertiary/aromatic N) is 1. The summed E-state index contributed by atoms with van der Waals surface area (Å²) in [7, 11) is 0. The van der Waals surface area contributed by atoms with E-state index < -0.39 is 0 Å². The minimum Gasteiger partial charge on any atom is -0.351 e. The molecular weight excluding hydrogens is 307 g/mol. The molecule has 0 aliphatic rings. The van der Waals surface area contributed by atoms with Crippen LogP contribution in [0.25, 0.3) is 0 Å². The topological polar surface area (TPSA) is 42.0 Å². The van der Waals surface area contributed by atoms with Gasteiger partial charge in [-0.1, -0.05) is 67.4 Å². The minimum absolute atomic E-state index is 0.180. The highest BCUT2D eigenvalue weighted by atomic mass is 35.5. The fourth-order valence-corrected chi connectivity index (χ4v) is 2.32. The van der Waals surface area contributed by atoms with E-state index in [-0.39, 0.29) is 21.5 Å². The van der Waals surface area contributed by atoms with Crippen molar-refractivity contribution in [2.75, 3.05) is 6.54 Å². The van der Waals surface area contributed by atoms with E-state index in [4.69, 9.17) is 23.2 Å². The largest absolute Gasteiger partial charge is 0.351 e. The van der Waals surface area contributed by atoms with E-state index in [2.05, 4.69) is 24.1 Å². The van der Waals surface area contributed by atoms with Gasteiger partial charge in [-0.05, 0) is 11.6 Å². The second-order valence-corrected chi connectivity index (χ2v) is 6.21. The molecule has 110 valence electrons. The summed E-state index contributed by atoms with van der Waals surface area (Å²) >= 11 is 11.8. The van der Waals surface area contributed by atoms with Crippen molar-refractivity contribution in [1.82, 2.24) is 10.3 Å². The molecule has 0 aliphatic heterocycles. The Morgan fingerprint density at radius 1 is 1.24 bits per heavy atom. The number of benzene rings is 1. The number of aromatic nitrogens is 1. The van der Waals surface area contributed by atoms with Crippen LogP contribution in [0.1, 0.15) is 29.8 Å². The van der Waals surface area contributed by atoms with Crippen LogP contribution in [0, 0.1) is 0 Å². The van der Waals surface area contributed by atoms with Crippen LogP contribution in [0.4, 0.5) is 0 Å². The van der Waals surface area contributed by atoms with Crippen LogP contribution in [0.15, 0.2) is 42.6 Å². The molecule has 0 saturated heterocycles. The molecule has 0 fully saturated rings. The van der Waals surface area contributed by atoms with Gasteiger partial charge in [0.2, 0.25) is 0 Å². The molecule has 5 heteroatoms. The molecule has 1 amide bonds. The van der Waals surface area contributed by atoms with E-state index in [9.17, 15) is 4.79 Å². The monoisotopic (exact) mass is 322 g/mol. The molecule has 0 aliphatic carbocycles. The maximum Gasteiger partial charge on any atom is 0.252 e. The smallest absolute Gasteiger partial charge is 0.252 e. The summed E-state index contributed by atoms with van der Waals surface area (Å²) in [5, 5.41) is 3.42. The molecule has 21 heavy (non-hydrogen) atoms. The van der Waals surface area contributed by atoms with E-state index in [0.29, 0.717) is 12.1 Å². The predicted octanol–water partition coefficient (Wildman–Crippen LogP) is 4.10. The van der Waals surface area contributed by atoms with Crippen LogP contribution in [0.2, 0.25) is 10.2 Å². The third-order valence-corrected chi connectivity index (χ3v) is 3.82. The van der Waals surface area contributed by atoms with Crippen molar-refractivity contribution in [3.05, 3.63) is 63.9 Å². The van der Waals surface area contributed by atoms with Crippen LogP contribution in [0.5, 0.6) is 0 Å².